The fraction of sp³-hybridized carbons (Fsp3) is 0.150. The summed E-state index contributed by atoms with van der Waals surface area (Å²) in [4.78, 5) is 12.4. The molecule has 122 valence electrons. The van der Waals surface area contributed by atoms with Crippen molar-refractivity contribution in [1.82, 2.24) is 4.90 Å². The van der Waals surface area contributed by atoms with Gasteiger partial charge in [-0.05, 0) is 36.9 Å². The van der Waals surface area contributed by atoms with Crippen LogP contribution in [-0.2, 0) is 4.79 Å². The number of carboxylic acid groups (broad SMARTS) is 1. The van der Waals surface area contributed by atoms with Gasteiger partial charge in [-0.3, -0.25) is 9.69 Å². The number of benzene rings is 2. The molecule has 0 aromatic heterocycles. The molecule has 2 rings (SSSR count). The summed E-state index contributed by atoms with van der Waals surface area (Å²) in [6.45, 7) is 0.429. The van der Waals surface area contributed by atoms with Crippen LogP contribution < -0.4 is 0 Å². The monoisotopic (exact) mass is 323 g/mol. The van der Waals surface area contributed by atoms with Gasteiger partial charge in [-0.1, -0.05) is 48.2 Å². The Morgan fingerprint density at radius 2 is 1.83 bits per heavy atom. The Kier molecular flexibility index (Phi) is 6.30. The molecule has 0 bridgehead atoms. The van der Waals surface area contributed by atoms with E-state index in [4.69, 9.17) is 5.11 Å². The zero-order valence-corrected chi connectivity index (χ0v) is 13.4. The average molecular weight is 323 g/mol. The summed E-state index contributed by atoms with van der Waals surface area (Å²) >= 11 is 0. The molecule has 0 radical (unpaired) electrons. The second-order valence-corrected chi connectivity index (χ2v) is 5.33. The van der Waals surface area contributed by atoms with Crippen molar-refractivity contribution in [1.29, 1.82) is 0 Å². The number of aliphatic carboxylic acids is 1. The fourth-order valence-electron chi connectivity index (χ4n) is 2.07. The number of carbonyl (C=O) groups is 1. The molecule has 0 aliphatic heterocycles. The number of hydrogen-bond acceptors (Lipinski definition) is 2. The van der Waals surface area contributed by atoms with Gasteiger partial charge in [-0.2, -0.15) is 0 Å². The second kappa shape index (κ2) is 8.66. The van der Waals surface area contributed by atoms with Crippen LogP contribution in [-0.4, -0.2) is 36.1 Å². The third kappa shape index (κ3) is 5.71. The van der Waals surface area contributed by atoms with Gasteiger partial charge in [-0.15, -0.1) is 0 Å². The highest BCUT2D eigenvalue weighted by Crippen LogP contribution is 2.13. The van der Waals surface area contributed by atoms with Crippen LogP contribution in [0.2, 0.25) is 0 Å². The molecule has 0 heterocycles. The maximum absolute atomic E-state index is 13.0. The summed E-state index contributed by atoms with van der Waals surface area (Å²) in [6.07, 6.45) is 1.90. The van der Waals surface area contributed by atoms with E-state index in [0.717, 1.165) is 16.7 Å². The molecule has 24 heavy (non-hydrogen) atoms. The number of allylic oxidation sites excluding steroid dienone is 1. The lowest BCUT2D eigenvalue weighted by atomic mass is 10.1. The minimum absolute atomic E-state index is 0.0377. The van der Waals surface area contributed by atoms with Crippen LogP contribution in [0.3, 0.4) is 0 Å². The Labute approximate surface area is 141 Å². The van der Waals surface area contributed by atoms with Crippen molar-refractivity contribution in [2.45, 2.75) is 0 Å². The zero-order chi connectivity index (χ0) is 17.4. The van der Waals surface area contributed by atoms with Gasteiger partial charge in [-0.25, -0.2) is 4.39 Å². The largest absolute Gasteiger partial charge is 0.480 e. The van der Waals surface area contributed by atoms with E-state index < -0.39 is 5.97 Å². The van der Waals surface area contributed by atoms with Crippen LogP contribution in [0.4, 0.5) is 4.39 Å². The number of rotatable bonds is 5. The first-order valence-corrected chi connectivity index (χ1v) is 7.48. The van der Waals surface area contributed by atoms with Gasteiger partial charge in [0.05, 0.1) is 6.54 Å². The van der Waals surface area contributed by atoms with E-state index in [2.05, 4.69) is 11.8 Å². The molecule has 0 unspecified atom stereocenters. The number of nitrogens with zero attached hydrogens (tertiary/aromatic N) is 1. The maximum Gasteiger partial charge on any atom is 0.317 e. The van der Waals surface area contributed by atoms with Gasteiger partial charge in [0.1, 0.15) is 5.82 Å². The molecule has 3 nitrogen and oxygen atoms in total. The van der Waals surface area contributed by atoms with Crippen LogP contribution >= 0.6 is 0 Å². The fourth-order valence-corrected chi connectivity index (χ4v) is 2.07. The van der Waals surface area contributed by atoms with Crippen LogP contribution in [0.1, 0.15) is 11.1 Å². The molecule has 2 aromatic carbocycles. The van der Waals surface area contributed by atoms with E-state index in [9.17, 15) is 9.18 Å². The zero-order valence-electron chi connectivity index (χ0n) is 13.4. The number of likely N-dealkylation sites (N-methyl/N-ethyl adjacent to an activating group) is 1. The third-order valence-electron chi connectivity index (χ3n) is 3.28. The van der Waals surface area contributed by atoms with Crippen LogP contribution in [0.15, 0.2) is 60.7 Å². The minimum Gasteiger partial charge on any atom is -0.480 e. The number of carboxylic acids is 1. The smallest absolute Gasteiger partial charge is 0.317 e. The van der Waals surface area contributed by atoms with Crippen LogP contribution in [0, 0.1) is 17.7 Å². The highest BCUT2D eigenvalue weighted by molar-refractivity contribution is 5.79. The summed E-state index contributed by atoms with van der Waals surface area (Å²) in [5, 5.41) is 8.82. The van der Waals surface area contributed by atoms with E-state index in [0.29, 0.717) is 6.54 Å². The minimum atomic E-state index is -0.871. The first-order valence-electron chi connectivity index (χ1n) is 7.48. The van der Waals surface area contributed by atoms with E-state index in [1.165, 1.54) is 12.1 Å². The second-order valence-electron chi connectivity index (χ2n) is 5.33. The summed E-state index contributed by atoms with van der Waals surface area (Å²) in [5.41, 5.74) is 2.48. The Balaban J connectivity index is 2.24. The summed E-state index contributed by atoms with van der Waals surface area (Å²) in [5.74, 6) is 4.94. The van der Waals surface area contributed by atoms with E-state index in [1.54, 1.807) is 24.1 Å². The molecule has 0 saturated heterocycles. The lowest BCUT2D eigenvalue weighted by molar-refractivity contribution is -0.137. The molecule has 2 aromatic rings. The molecule has 4 heteroatoms. The molecule has 0 spiro atoms. The number of hydrogen-bond donors (Lipinski definition) is 1. The first kappa shape index (κ1) is 17.5. The quantitative estimate of drug-likeness (QED) is 0.859. The molecule has 0 fully saturated rings. The highest BCUT2D eigenvalue weighted by atomic mass is 19.1. The lowest BCUT2D eigenvalue weighted by Crippen LogP contribution is -2.25. The van der Waals surface area contributed by atoms with E-state index >= 15 is 0 Å². The molecule has 0 aliphatic rings. The van der Waals surface area contributed by atoms with E-state index in [-0.39, 0.29) is 12.4 Å². The topological polar surface area (TPSA) is 40.5 Å². The SMILES string of the molecule is CN(CC=C(C#Cc1ccc(F)cc1)c1ccccc1)CC(=O)O. The molecule has 0 atom stereocenters. The van der Waals surface area contributed by atoms with Crippen molar-refractivity contribution in [3.05, 3.63) is 77.6 Å². The van der Waals surface area contributed by atoms with Gasteiger partial charge in [0.15, 0.2) is 0 Å². The predicted molar refractivity (Wildman–Crippen MR) is 92.8 cm³/mol. The lowest BCUT2D eigenvalue weighted by Gasteiger charge is -2.11. The number of halogens is 1. The molecule has 1 N–H and O–H groups in total. The van der Waals surface area contributed by atoms with Gasteiger partial charge in [0, 0.05) is 17.7 Å². The van der Waals surface area contributed by atoms with Crippen molar-refractivity contribution in [3.8, 4) is 11.8 Å². The molecular formula is C20H18FNO2. The van der Waals surface area contributed by atoms with Gasteiger partial charge in [0.2, 0.25) is 0 Å². The normalized spacial score (nSPS) is 11.0. The molecule has 0 amide bonds. The summed E-state index contributed by atoms with van der Waals surface area (Å²) in [7, 11) is 1.74. The maximum atomic E-state index is 13.0. The summed E-state index contributed by atoms with van der Waals surface area (Å²) in [6, 6.07) is 15.7. The van der Waals surface area contributed by atoms with Crippen molar-refractivity contribution >= 4 is 11.5 Å². The Morgan fingerprint density at radius 1 is 1.17 bits per heavy atom. The molecular weight excluding hydrogens is 305 g/mol. The van der Waals surface area contributed by atoms with E-state index in [1.807, 2.05) is 36.4 Å². The van der Waals surface area contributed by atoms with Crippen LogP contribution in [0.25, 0.3) is 5.57 Å². The molecule has 0 aliphatic carbocycles. The Bertz CT molecular complexity index is 771. The van der Waals surface area contributed by atoms with Crippen LogP contribution in [0.5, 0.6) is 0 Å². The highest BCUT2D eigenvalue weighted by Gasteiger charge is 2.03. The van der Waals surface area contributed by atoms with Crippen molar-refractivity contribution in [2.75, 3.05) is 20.1 Å². The van der Waals surface area contributed by atoms with Gasteiger partial charge >= 0.3 is 5.97 Å². The van der Waals surface area contributed by atoms with Crippen molar-refractivity contribution < 1.29 is 14.3 Å². The van der Waals surface area contributed by atoms with Crippen molar-refractivity contribution in [2.24, 2.45) is 0 Å². The Morgan fingerprint density at radius 3 is 2.46 bits per heavy atom. The Hall–Kier alpha value is -2.90. The average Bonchev–Trinajstić information content (AvgIpc) is 2.56. The third-order valence-corrected chi connectivity index (χ3v) is 3.28. The van der Waals surface area contributed by atoms with Gasteiger partial charge < -0.3 is 5.11 Å². The first-order chi connectivity index (χ1) is 11.5. The van der Waals surface area contributed by atoms with Crippen molar-refractivity contribution in [3.63, 3.8) is 0 Å². The standard InChI is InChI=1S/C20H18FNO2/c1-22(15-20(23)24)14-13-18(17-5-3-2-4-6-17)10-7-16-8-11-19(21)12-9-16/h2-6,8-9,11-13H,14-15H2,1H3,(H,23,24). The predicted octanol–water partition coefficient (Wildman–Crippen LogP) is 3.28. The van der Waals surface area contributed by atoms with Gasteiger partial charge in [0.25, 0.3) is 0 Å². The molecule has 0 saturated carbocycles. The summed E-state index contributed by atoms with van der Waals surface area (Å²) < 4.78 is 13.0.